The summed E-state index contributed by atoms with van der Waals surface area (Å²) in [5.74, 6) is 2.44. The van der Waals surface area contributed by atoms with Crippen LogP contribution in [-0.4, -0.2) is 19.3 Å². The number of pyridine rings is 1. The van der Waals surface area contributed by atoms with Gasteiger partial charge in [0, 0.05) is 55.4 Å². The Morgan fingerprint density at radius 1 is 0.657 bits per heavy atom. The number of benzene rings is 3. The number of ether oxygens (including phenoxy) is 1. The number of fused-ring (bicyclic) bond motifs is 3. The first-order chi connectivity index (χ1) is 16.6. The normalized spacial score (nSPS) is 11.1. The average Bonchev–Trinajstić information content (AvgIpc) is 3.35. The molecule has 35 heavy (non-hydrogen) atoms. The van der Waals surface area contributed by atoms with Crippen molar-refractivity contribution in [3.8, 4) is 23.0 Å². The maximum atomic E-state index is 6.33. The maximum absolute atomic E-state index is 6.33. The second kappa shape index (κ2) is 9.16. The first-order valence-corrected chi connectivity index (χ1v) is 11.4. The van der Waals surface area contributed by atoms with Gasteiger partial charge in [0.25, 0.3) is 0 Å². The molecule has 0 aliphatic rings. The average molecular weight is 640 g/mol. The molecule has 176 valence electrons. The van der Waals surface area contributed by atoms with Gasteiger partial charge in [0.15, 0.2) is 0 Å². The van der Waals surface area contributed by atoms with E-state index in [1.165, 1.54) is 10.8 Å². The molecule has 0 radical (unpaired) electrons. The minimum Gasteiger partial charge on any atom is -0.457 e. The van der Waals surface area contributed by atoms with Gasteiger partial charge in [-0.15, -0.1) is 0 Å². The van der Waals surface area contributed by atoms with E-state index < -0.39 is 0 Å². The van der Waals surface area contributed by atoms with Crippen LogP contribution in [0.3, 0.4) is 0 Å². The fourth-order valence-corrected chi connectivity index (χ4v) is 4.62. The van der Waals surface area contributed by atoms with Gasteiger partial charge in [-0.05, 0) is 69.3 Å². The van der Waals surface area contributed by atoms with E-state index in [0.29, 0.717) is 0 Å². The number of hydrogen-bond donors (Lipinski definition) is 0. The maximum Gasteiger partial charge on any atom is 0.137 e. The summed E-state index contributed by atoms with van der Waals surface area (Å²) in [7, 11) is 0. The number of aryl methyl sites for hydroxylation is 3. The summed E-state index contributed by atoms with van der Waals surface area (Å²) in [5, 5.41) is 6.96. The van der Waals surface area contributed by atoms with Gasteiger partial charge in [0.1, 0.15) is 17.3 Å². The molecule has 6 aromatic rings. The van der Waals surface area contributed by atoms with Gasteiger partial charge < -0.3 is 4.74 Å². The summed E-state index contributed by atoms with van der Waals surface area (Å²) in [5.41, 5.74) is 6.22. The molecule has 3 heterocycles. The van der Waals surface area contributed by atoms with Gasteiger partial charge in [-0.1, -0.05) is 30.3 Å². The van der Waals surface area contributed by atoms with E-state index in [2.05, 4.69) is 59.1 Å². The van der Waals surface area contributed by atoms with Gasteiger partial charge >= 0.3 is 0 Å². The molecule has 0 amide bonds. The van der Waals surface area contributed by atoms with E-state index in [9.17, 15) is 0 Å². The zero-order valence-electron chi connectivity index (χ0n) is 19.7. The van der Waals surface area contributed by atoms with Gasteiger partial charge in [0.2, 0.25) is 0 Å². The monoisotopic (exact) mass is 639 g/mol. The summed E-state index contributed by atoms with van der Waals surface area (Å²) in [6, 6.07) is 30.9. The third kappa shape index (κ3) is 4.17. The first-order valence-electron chi connectivity index (χ1n) is 11.4. The first kappa shape index (κ1) is 23.1. The Balaban J connectivity index is 0.00000253. The molecule has 6 heteroatoms. The van der Waals surface area contributed by atoms with Crippen LogP contribution < -0.4 is 4.74 Å². The zero-order valence-corrected chi connectivity index (χ0v) is 21.9. The molecule has 0 N–H and O–H groups in total. The molecular formula is C29H24N4OPt. The van der Waals surface area contributed by atoms with E-state index in [0.717, 1.165) is 51.1 Å². The molecule has 5 nitrogen and oxygen atoms in total. The van der Waals surface area contributed by atoms with Crippen LogP contribution in [0, 0.1) is 20.8 Å². The largest absolute Gasteiger partial charge is 0.457 e. The van der Waals surface area contributed by atoms with Crippen LogP contribution in [0.1, 0.15) is 17.1 Å². The van der Waals surface area contributed by atoms with Crippen molar-refractivity contribution < 1.29 is 25.8 Å². The molecule has 0 bridgehead atoms. The van der Waals surface area contributed by atoms with Crippen LogP contribution in [-0.2, 0) is 21.1 Å². The van der Waals surface area contributed by atoms with Crippen molar-refractivity contribution in [3.63, 3.8) is 0 Å². The van der Waals surface area contributed by atoms with Crippen LogP contribution in [0.2, 0.25) is 0 Å². The second-order valence-corrected chi connectivity index (χ2v) is 8.61. The Kier molecular flexibility index (Phi) is 6.04. The van der Waals surface area contributed by atoms with Crippen LogP contribution in [0.15, 0.2) is 91.0 Å². The molecule has 0 saturated heterocycles. The van der Waals surface area contributed by atoms with Crippen molar-refractivity contribution in [2.45, 2.75) is 20.8 Å². The predicted octanol–water partition coefficient (Wildman–Crippen LogP) is 7.08. The van der Waals surface area contributed by atoms with Gasteiger partial charge in [0.05, 0.1) is 22.4 Å². The number of para-hydroxylation sites is 1. The van der Waals surface area contributed by atoms with Crippen LogP contribution in [0.4, 0.5) is 0 Å². The third-order valence-corrected chi connectivity index (χ3v) is 6.06. The van der Waals surface area contributed by atoms with E-state index >= 15 is 0 Å². The molecular weight excluding hydrogens is 615 g/mol. The fourth-order valence-electron chi connectivity index (χ4n) is 4.62. The Bertz CT molecular complexity index is 1680. The molecule has 0 saturated carbocycles. The second-order valence-electron chi connectivity index (χ2n) is 8.61. The number of aromatic nitrogens is 4. The summed E-state index contributed by atoms with van der Waals surface area (Å²) in [6.45, 7) is 6.07. The zero-order chi connectivity index (χ0) is 23.2. The Labute approximate surface area is 218 Å². The number of rotatable bonds is 4. The molecule has 0 spiro atoms. The van der Waals surface area contributed by atoms with E-state index in [1.54, 1.807) is 0 Å². The van der Waals surface area contributed by atoms with Crippen LogP contribution in [0.25, 0.3) is 33.3 Å². The number of hydrogen-bond acceptors (Lipinski definition) is 3. The molecule has 6 rings (SSSR count). The van der Waals surface area contributed by atoms with E-state index in [1.807, 2.05) is 67.1 Å². The van der Waals surface area contributed by atoms with Gasteiger partial charge in [-0.2, -0.15) is 5.10 Å². The predicted molar refractivity (Wildman–Crippen MR) is 136 cm³/mol. The number of nitrogens with zero attached hydrogens (tertiary/aromatic N) is 4. The molecule has 3 aromatic carbocycles. The Hall–Kier alpha value is -3.69. The topological polar surface area (TPSA) is 44.9 Å². The quantitative estimate of drug-likeness (QED) is 0.207. The summed E-state index contributed by atoms with van der Waals surface area (Å²) < 4.78 is 10.5. The van der Waals surface area contributed by atoms with Crippen molar-refractivity contribution >= 4 is 21.8 Å². The van der Waals surface area contributed by atoms with E-state index in [4.69, 9.17) is 9.72 Å². The molecule has 0 atom stereocenters. The van der Waals surface area contributed by atoms with Crippen molar-refractivity contribution in [1.82, 2.24) is 19.3 Å². The molecule has 0 aliphatic carbocycles. The van der Waals surface area contributed by atoms with Crippen molar-refractivity contribution in [2.75, 3.05) is 0 Å². The standard InChI is InChI=1S/C29H24N4O.Pt/c1-19-8-6-13-29(30-19)32-27-12-5-4-11-25(27)26-15-14-24(18-28(26)32)34-23-10-7-9-22(17-23)33-21(3)16-20(2)31-33;/h4-18H,1-3H3;. The van der Waals surface area contributed by atoms with Gasteiger partial charge in [-0.25, -0.2) is 9.67 Å². The van der Waals surface area contributed by atoms with Crippen molar-refractivity contribution in [2.24, 2.45) is 0 Å². The fraction of sp³-hybridized carbons (Fsp3) is 0.103. The van der Waals surface area contributed by atoms with E-state index in [-0.39, 0.29) is 21.1 Å². The molecule has 3 aromatic heterocycles. The summed E-state index contributed by atoms with van der Waals surface area (Å²) in [4.78, 5) is 4.80. The third-order valence-electron chi connectivity index (χ3n) is 6.06. The van der Waals surface area contributed by atoms with Crippen LogP contribution in [0.5, 0.6) is 11.5 Å². The van der Waals surface area contributed by atoms with Crippen molar-refractivity contribution in [1.29, 1.82) is 0 Å². The van der Waals surface area contributed by atoms with Gasteiger partial charge in [-0.3, -0.25) is 4.57 Å². The Morgan fingerprint density at radius 3 is 2.23 bits per heavy atom. The minimum atomic E-state index is 0. The summed E-state index contributed by atoms with van der Waals surface area (Å²) in [6.07, 6.45) is 0. The smallest absolute Gasteiger partial charge is 0.137 e. The Morgan fingerprint density at radius 2 is 1.43 bits per heavy atom. The summed E-state index contributed by atoms with van der Waals surface area (Å²) >= 11 is 0. The minimum absolute atomic E-state index is 0. The molecule has 0 fully saturated rings. The van der Waals surface area contributed by atoms with Crippen LogP contribution >= 0.6 is 0 Å². The van der Waals surface area contributed by atoms with Crippen molar-refractivity contribution in [3.05, 3.63) is 108 Å². The molecule has 0 aliphatic heterocycles. The SMILES string of the molecule is Cc1cccc(-n2c3ccccc3c3ccc(Oc4cccc(-n5nc(C)cc5C)c4)cc32)n1.[Pt]. The molecule has 0 unspecified atom stereocenters.